The summed E-state index contributed by atoms with van der Waals surface area (Å²) in [7, 11) is 2.08. The molecule has 0 bridgehead atoms. The van der Waals surface area contributed by atoms with Crippen molar-refractivity contribution in [1.82, 2.24) is 4.90 Å². The number of hydrogen-bond acceptors (Lipinski definition) is 3. The number of likely N-dealkylation sites (N-methyl/N-ethyl adjacent to an activating group) is 1. The maximum Gasteiger partial charge on any atom is 0.0718 e. The molecular weight excluding hydrogens is 188 g/mol. The van der Waals surface area contributed by atoms with Crippen molar-refractivity contribution in [3.8, 4) is 0 Å². The normalized spacial score (nSPS) is 29.2. The maximum atomic E-state index is 9.79. The molecule has 1 aliphatic carbocycles. The van der Waals surface area contributed by atoms with Crippen LogP contribution in [0.5, 0.6) is 0 Å². The average molecular weight is 214 g/mol. The van der Waals surface area contributed by atoms with Crippen molar-refractivity contribution in [2.24, 2.45) is 5.73 Å². The smallest absolute Gasteiger partial charge is 0.0718 e. The second-order valence-electron chi connectivity index (χ2n) is 5.60. The fraction of sp³-hybridized carbons (Fsp3) is 1.00. The van der Waals surface area contributed by atoms with E-state index in [0.29, 0.717) is 12.6 Å². The third-order valence-electron chi connectivity index (χ3n) is 3.23. The summed E-state index contributed by atoms with van der Waals surface area (Å²) in [6.07, 6.45) is 6.14. The van der Waals surface area contributed by atoms with Crippen LogP contribution in [0.2, 0.25) is 0 Å². The Bertz CT molecular complexity index is 189. The topological polar surface area (TPSA) is 49.5 Å². The number of rotatable bonds is 3. The average Bonchev–Trinajstić information content (AvgIpc) is 2.26. The number of hydrogen-bond donors (Lipinski definition) is 2. The molecule has 1 aliphatic rings. The van der Waals surface area contributed by atoms with E-state index in [-0.39, 0.29) is 6.04 Å². The molecule has 0 aromatic carbocycles. The Hall–Kier alpha value is -0.120. The first-order valence-electron chi connectivity index (χ1n) is 6.08. The quantitative estimate of drug-likeness (QED) is 0.697. The summed E-state index contributed by atoms with van der Waals surface area (Å²) in [4.78, 5) is 2.23. The summed E-state index contributed by atoms with van der Waals surface area (Å²) < 4.78 is 0. The zero-order valence-corrected chi connectivity index (χ0v) is 10.4. The van der Waals surface area contributed by atoms with E-state index in [4.69, 9.17) is 5.73 Å². The molecule has 0 spiro atoms. The molecule has 2 unspecified atom stereocenters. The maximum absolute atomic E-state index is 9.79. The van der Waals surface area contributed by atoms with Crippen LogP contribution in [0.15, 0.2) is 0 Å². The lowest BCUT2D eigenvalue weighted by Crippen LogP contribution is -2.49. The van der Waals surface area contributed by atoms with Gasteiger partial charge in [-0.05, 0) is 33.7 Å². The Kier molecular flexibility index (Phi) is 4.56. The molecule has 3 heteroatoms. The van der Waals surface area contributed by atoms with Crippen LogP contribution in [-0.2, 0) is 0 Å². The van der Waals surface area contributed by atoms with E-state index in [9.17, 15) is 5.11 Å². The molecule has 0 aliphatic heterocycles. The van der Waals surface area contributed by atoms with E-state index >= 15 is 0 Å². The van der Waals surface area contributed by atoms with Crippen molar-refractivity contribution in [1.29, 1.82) is 0 Å². The standard InChI is InChI=1S/C12H26N2O/c1-12(2,15)9-14(3)11-8-6-4-5-7-10(11)13/h10-11,15H,4-9,13H2,1-3H3. The van der Waals surface area contributed by atoms with Crippen molar-refractivity contribution in [2.75, 3.05) is 13.6 Å². The van der Waals surface area contributed by atoms with Crippen LogP contribution in [0.25, 0.3) is 0 Å². The molecule has 90 valence electrons. The summed E-state index contributed by atoms with van der Waals surface area (Å²) in [5.74, 6) is 0. The Labute approximate surface area is 93.6 Å². The Morgan fingerprint density at radius 3 is 2.47 bits per heavy atom. The molecular formula is C12H26N2O. The molecule has 3 nitrogen and oxygen atoms in total. The van der Waals surface area contributed by atoms with Gasteiger partial charge in [-0.1, -0.05) is 19.3 Å². The van der Waals surface area contributed by atoms with E-state index in [2.05, 4.69) is 11.9 Å². The summed E-state index contributed by atoms with van der Waals surface area (Å²) in [6.45, 7) is 4.41. The minimum absolute atomic E-state index is 0.278. The van der Waals surface area contributed by atoms with Gasteiger partial charge in [0.25, 0.3) is 0 Å². The second-order valence-corrected chi connectivity index (χ2v) is 5.60. The molecule has 0 amide bonds. The Morgan fingerprint density at radius 2 is 1.87 bits per heavy atom. The van der Waals surface area contributed by atoms with Gasteiger partial charge < -0.3 is 10.8 Å². The zero-order valence-electron chi connectivity index (χ0n) is 10.4. The number of aliphatic hydroxyl groups is 1. The highest BCUT2D eigenvalue weighted by Gasteiger charge is 2.27. The lowest BCUT2D eigenvalue weighted by Gasteiger charge is -2.35. The van der Waals surface area contributed by atoms with Crippen LogP contribution < -0.4 is 5.73 Å². The van der Waals surface area contributed by atoms with Gasteiger partial charge in [-0.15, -0.1) is 0 Å². The van der Waals surface area contributed by atoms with Crippen molar-refractivity contribution in [2.45, 2.75) is 63.6 Å². The van der Waals surface area contributed by atoms with Crippen molar-refractivity contribution in [3.63, 3.8) is 0 Å². The third kappa shape index (κ3) is 4.49. The Balaban J connectivity index is 2.51. The van der Waals surface area contributed by atoms with E-state index < -0.39 is 5.60 Å². The molecule has 0 aromatic rings. The van der Waals surface area contributed by atoms with Gasteiger partial charge in [0.1, 0.15) is 0 Å². The third-order valence-corrected chi connectivity index (χ3v) is 3.23. The highest BCUT2D eigenvalue weighted by atomic mass is 16.3. The second kappa shape index (κ2) is 5.28. The van der Waals surface area contributed by atoms with Crippen molar-refractivity contribution in [3.05, 3.63) is 0 Å². The zero-order chi connectivity index (χ0) is 11.5. The van der Waals surface area contributed by atoms with Gasteiger partial charge in [-0.25, -0.2) is 0 Å². The van der Waals surface area contributed by atoms with Crippen LogP contribution >= 0.6 is 0 Å². The summed E-state index contributed by atoms with van der Waals surface area (Å²) in [5, 5.41) is 9.79. The SMILES string of the molecule is CN(CC(C)(C)O)C1CCCCCC1N. The van der Waals surface area contributed by atoms with Gasteiger partial charge in [-0.2, -0.15) is 0 Å². The summed E-state index contributed by atoms with van der Waals surface area (Å²) in [6, 6.07) is 0.721. The fourth-order valence-corrected chi connectivity index (χ4v) is 2.59. The van der Waals surface area contributed by atoms with Gasteiger partial charge in [-0.3, -0.25) is 4.90 Å². The van der Waals surface area contributed by atoms with Gasteiger partial charge >= 0.3 is 0 Å². The fourth-order valence-electron chi connectivity index (χ4n) is 2.59. The summed E-state index contributed by atoms with van der Waals surface area (Å²) >= 11 is 0. The molecule has 3 N–H and O–H groups in total. The van der Waals surface area contributed by atoms with Crippen molar-refractivity contribution >= 4 is 0 Å². The molecule has 0 heterocycles. The van der Waals surface area contributed by atoms with E-state index in [1.54, 1.807) is 0 Å². The molecule has 0 saturated heterocycles. The molecule has 0 aromatic heterocycles. The summed E-state index contributed by atoms with van der Waals surface area (Å²) in [5.41, 5.74) is 5.55. The van der Waals surface area contributed by atoms with Crippen molar-refractivity contribution < 1.29 is 5.11 Å². The van der Waals surface area contributed by atoms with E-state index in [0.717, 1.165) is 6.42 Å². The van der Waals surface area contributed by atoms with E-state index in [1.807, 2.05) is 13.8 Å². The highest BCUT2D eigenvalue weighted by Crippen LogP contribution is 2.21. The molecule has 1 rings (SSSR count). The van der Waals surface area contributed by atoms with Crippen LogP contribution in [-0.4, -0.2) is 41.3 Å². The van der Waals surface area contributed by atoms with Crippen LogP contribution in [0.1, 0.15) is 46.0 Å². The van der Waals surface area contributed by atoms with Crippen LogP contribution in [0, 0.1) is 0 Å². The largest absolute Gasteiger partial charge is 0.389 e. The molecule has 15 heavy (non-hydrogen) atoms. The van der Waals surface area contributed by atoms with Crippen LogP contribution in [0.4, 0.5) is 0 Å². The monoisotopic (exact) mass is 214 g/mol. The number of nitrogens with two attached hydrogens (primary N) is 1. The molecule has 2 atom stereocenters. The first-order chi connectivity index (χ1) is 6.90. The van der Waals surface area contributed by atoms with Crippen LogP contribution in [0.3, 0.4) is 0 Å². The first kappa shape index (κ1) is 12.9. The molecule has 1 saturated carbocycles. The minimum Gasteiger partial charge on any atom is -0.389 e. The predicted molar refractivity (Wildman–Crippen MR) is 63.8 cm³/mol. The first-order valence-corrected chi connectivity index (χ1v) is 6.08. The number of nitrogens with zero attached hydrogens (tertiary/aromatic N) is 1. The van der Waals surface area contributed by atoms with E-state index in [1.165, 1.54) is 25.7 Å². The van der Waals surface area contributed by atoms with Gasteiger partial charge in [0.2, 0.25) is 0 Å². The highest BCUT2D eigenvalue weighted by molar-refractivity contribution is 4.85. The lowest BCUT2D eigenvalue weighted by atomic mass is 10.0. The Morgan fingerprint density at radius 1 is 1.27 bits per heavy atom. The lowest BCUT2D eigenvalue weighted by molar-refractivity contribution is 0.0261. The van der Waals surface area contributed by atoms with Gasteiger partial charge in [0.05, 0.1) is 5.60 Å². The minimum atomic E-state index is -0.624. The van der Waals surface area contributed by atoms with Gasteiger partial charge in [0.15, 0.2) is 0 Å². The predicted octanol–water partition coefficient (Wildman–Crippen LogP) is 1.35. The molecule has 0 radical (unpaired) electrons. The molecule has 1 fully saturated rings. The van der Waals surface area contributed by atoms with Gasteiger partial charge in [0, 0.05) is 18.6 Å².